The summed E-state index contributed by atoms with van der Waals surface area (Å²) in [7, 11) is 0. The van der Waals surface area contributed by atoms with Crippen molar-refractivity contribution in [2.45, 2.75) is 32.4 Å². The van der Waals surface area contributed by atoms with Crippen LogP contribution in [0.4, 0.5) is 4.79 Å². The van der Waals surface area contributed by atoms with Crippen LogP contribution in [-0.4, -0.2) is 59.1 Å². The number of likely N-dealkylation sites (tertiary alicyclic amines) is 2. The molecular weight excluding hydrogens is 318 g/mol. The minimum atomic E-state index is -0.805. The van der Waals surface area contributed by atoms with E-state index in [9.17, 15) is 14.7 Å². The zero-order chi connectivity index (χ0) is 17.8. The summed E-state index contributed by atoms with van der Waals surface area (Å²) in [5, 5.41) is 12.3. The highest BCUT2D eigenvalue weighted by Crippen LogP contribution is 2.21. The van der Waals surface area contributed by atoms with Crippen molar-refractivity contribution in [1.82, 2.24) is 15.1 Å². The first-order valence-electron chi connectivity index (χ1n) is 9.07. The van der Waals surface area contributed by atoms with Gasteiger partial charge >= 0.3 is 12.0 Å². The van der Waals surface area contributed by atoms with Gasteiger partial charge in [-0.1, -0.05) is 37.3 Å². The average Bonchev–Trinajstić information content (AvgIpc) is 2.95. The number of aliphatic carboxylic acids is 1. The minimum Gasteiger partial charge on any atom is -0.481 e. The molecule has 0 aromatic heterocycles. The van der Waals surface area contributed by atoms with Gasteiger partial charge in [-0.2, -0.15) is 0 Å². The Morgan fingerprint density at radius 3 is 2.68 bits per heavy atom. The number of carbonyl (C=O) groups excluding carboxylic acids is 1. The van der Waals surface area contributed by atoms with Crippen molar-refractivity contribution in [2.24, 2.45) is 11.8 Å². The number of nitrogens with zero attached hydrogens (tertiary/aromatic N) is 2. The number of carboxylic acids is 1. The number of hydrogen-bond acceptors (Lipinski definition) is 3. The van der Waals surface area contributed by atoms with Crippen LogP contribution in [0.5, 0.6) is 0 Å². The highest BCUT2D eigenvalue weighted by molar-refractivity contribution is 5.76. The molecule has 0 spiro atoms. The lowest BCUT2D eigenvalue weighted by atomic mass is 9.98. The van der Waals surface area contributed by atoms with E-state index in [1.807, 2.05) is 18.2 Å². The molecule has 2 amide bonds. The first kappa shape index (κ1) is 17.7. The molecule has 6 nitrogen and oxygen atoms in total. The molecule has 25 heavy (non-hydrogen) atoms. The molecule has 1 aromatic rings. The van der Waals surface area contributed by atoms with E-state index < -0.39 is 11.9 Å². The van der Waals surface area contributed by atoms with Crippen molar-refractivity contribution in [3.05, 3.63) is 35.9 Å². The summed E-state index contributed by atoms with van der Waals surface area (Å²) in [5.74, 6) is -0.858. The Kier molecular flexibility index (Phi) is 5.58. The molecule has 1 aromatic carbocycles. The highest BCUT2D eigenvalue weighted by Gasteiger charge is 2.33. The van der Waals surface area contributed by atoms with Crippen molar-refractivity contribution >= 4 is 12.0 Å². The molecule has 3 atom stereocenters. The van der Waals surface area contributed by atoms with Gasteiger partial charge in [0, 0.05) is 38.8 Å². The molecule has 136 valence electrons. The van der Waals surface area contributed by atoms with Gasteiger partial charge in [0.05, 0.1) is 5.92 Å². The zero-order valence-corrected chi connectivity index (χ0v) is 14.7. The number of urea groups is 1. The molecule has 0 bridgehead atoms. The fourth-order valence-electron chi connectivity index (χ4n) is 3.84. The lowest BCUT2D eigenvalue weighted by Crippen LogP contribution is -2.51. The van der Waals surface area contributed by atoms with E-state index in [0.717, 1.165) is 26.1 Å². The third-order valence-corrected chi connectivity index (χ3v) is 5.30. The molecule has 2 aliphatic rings. The molecule has 3 unspecified atom stereocenters. The van der Waals surface area contributed by atoms with Gasteiger partial charge in [-0.3, -0.25) is 9.69 Å². The monoisotopic (exact) mass is 345 g/mol. The van der Waals surface area contributed by atoms with E-state index in [-0.39, 0.29) is 12.1 Å². The Morgan fingerprint density at radius 2 is 1.96 bits per heavy atom. The average molecular weight is 345 g/mol. The molecule has 2 N–H and O–H groups in total. The van der Waals surface area contributed by atoms with E-state index in [0.29, 0.717) is 25.4 Å². The van der Waals surface area contributed by atoms with Crippen molar-refractivity contribution in [3.8, 4) is 0 Å². The predicted octanol–water partition coefficient (Wildman–Crippen LogP) is 2.01. The molecule has 0 radical (unpaired) electrons. The smallest absolute Gasteiger partial charge is 0.317 e. The minimum absolute atomic E-state index is 0.112. The number of carbonyl (C=O) groups is 2. The van der Waals surface area contributed by atoms with Gasteiger partial charge in [-0.05, 0) is 24.3 Å². The Bertz CT molecular complexity index is 607. The quantitative estimate of drug-likeness (QED) is 0.876. The number of amides is 2. The second-order valence-electron chi connectivity index (χ2n) is 7.34. The molecular formula is C19H27N3O3. The summed E-state index contributed by atoms with van der Waals surface area (Å²) in [6.45, 7) is 5.80. The van der Waals surface area contributed by atoms with Gasteiger partial charge in [0.1, 0.15) is 0 Å². The summed E-state index contributed by atoms with van der Waals surface area (Å²) in [4.78, 5) is 27.7. The molecule has 2 aliphatic heterocycles. The van der Waals surface area contributed by atoms with E-state index in [2.05, 4.69) is 29.3 Å². The third-order valence-electron chi connectivity index (χ3n) is 5.30. The summed E-state index contributed by atoms with van der Waals surface area (Å²) in [5.41, 5.74) is 1.28. The summed E-state index contributed by atoms with van der Waals surface area (Å²) in [6.07, 6.45) is 1.41. The zero-order valence-electron chi connectivity index (χ0n) is 14.7. The van der Waals surface area contributed by atoms with Gasteiger partial charge in [0.25, 0.3) is 0 Å². The number of nitrogens with one attached hydrogen (secondary N) is 1. The Morgan fingerprint density at radius 1 is 1.20 bits per heavy atom. The fourth-order valence-corrected chi connectivity index (χ4v) is 3.84. The molecule has 2 saturated heterocycles. The SMILES string of the molecule is CC1CN(Cc2ccccc2)CC1NC(=O)N1CCCC(C(=O)O)C1. The lowest BCUT2D eigenvalue weighted by molar-refractivity contribution is -0.143. The molecule has 2 fully saturated rings. The lowest BCUT2D eigenvalue weighted by Gasteiger charge is -2.32. The fraction of sp³-hybridized carbons (Fsp3) is 0.579. The van der Waals surface area contributed by atoms with Gasteiger partial charge in [-0.25, -0.2) is 4.79 Å². The number of rotatable bonds is 4. The van der Waals surface area contributed by atoms with Crippen LogP contribution in [0.3, 0.4) is 0 Å². The van der Waals surface area contributed by atoms with Crippen LogP contribution in [0.25, 0.3) is 0 Å². The maximum atomic E-state index is 12.5. The predicted molar refractivity (Wildman–Crippen MR) is 95.1 cm³/mol. The van der Waals surface area contributed by atoms with E-state index >= 15 is 0 Å². The van der Waals surface area contributed by atoms with Gasteiger partial charge in [-0.15, -0.1) is 0 Å². The normalized spacial score (nSPS) is 27.2. The van der Waals surface area contributed by atoms with E-state index in [1.165, 1.54) is 5.56 Å². The number of benzene rings is 1. The topological polar surface area (TPSA) is 72.9 Å². The van der Waals surface area contributed by atoms with Crippen molar-refractivity contribution in [1.29, 1.82) is 0 Å². The second-order valence-corrected chi connectivity index (χ2v) is 7.34. The van der Waals surface area contributed by atoms with E-state index in [1.54, 1.807) is 4.90 Å². The molecule has 6 heteroatoms. The van der Waals surface area contributed by atoms with Crippen LogP contribution < -0.4 is 5.32 Å². The highest BCUT2D eigenvalue weighted by atomic mass is 16.4. The number of piperidine rings is 1. The van der Waals surface area contributed by atoms with Gasteiger partial charge in [0.2, 0.25) is 0 Å². The molecule has 2 heterocycles. The van der Waals surface area contributed by atoms with Crippen LogP contribution in [0, 0.1) is 11.8 Å². The maximum Gasteiger partial charge on any atom is 0.317 e. The van der Waals surface area contributed by atoms with Crippen LogP contribution >= 0.6 is 0 Å². The summed E-state index contributed by atoms with van der Waals surface area (Å²) < 4.78 is 0. The second kappa shape index (κ2) is 7.87. The molecule has 0 aliphatic carbocycles. The largest absolute Gasteiger partial charge is 0.481 e. The Balaban J connectivity index is 1.52. The Hall–Kier alpha value is -2.08. The molecule has 0 saturated carbocycles. The van der Waals surface area contributed by atoms with Crippen LogP contribution in [0.1, 0.15) is 25.3 Å². The standard InChI is InChI=1S/C19H27N3O3/c1-14-10-21(11-15-6-3-2-4-7-15)13-17(14)20-19(25)22-9-5-8-16(12-22)18(23)24/h2-4,6-7,14,16-17H,5,8-13H2,1H3,(H,20,25)(H,23,24). The van der Waals surface area contributed by atoms with Crippen LogP contribution in [0.15, 0.2) is 30.3 Å². The first-order chi connectivity index (χ1) is 12.0. The Labute approximate surface area is 148 Å². The first-order valence-corrected chi connectivity index (χ1v) is 9.07. The van der Waals surface area contributed by atoms with Crippen LogP contribution in [-0.2, 0) is 11.3 Å². The number of hydrogen-bond donors (Lipinski definition) is 2. The van der Waals surface area contributed by atoms with Gasteiger partial charge < -0.3 is 15.3 Å². The van der Waals surface area contributed by atoms with Crippen molar-refractivity contribution < 1.29 is 14.7 Å². The van der Waals surface area contributed by atoms with Crippen molar-refractivity contribution in [3.63, 3.8) is 0 Å². The number of carboxylic acid groups (broad SMARTS) is 1. The third kappa shape index (κ3) is 4.51. The summed E-state index contributed by atoms with van der Waals surface area (Å²) in [6, 6.07) is 10.3. The molecule has 3 rings (SSSR count). The maximum absolute atomic E-state index is 12.5. The van der Waals surface area contributed by atoms with Gasteiger partial charge in [0.15, 0.2) is 0 Å². The van der Waals surface area contributed by atoms with Crippen molar-refractivity contribution in [2.75, 3.05) is 26.2 Å². The van der Waals surface area contributed by atoms with E-state index in [4.69, 9.17) is 0 Å². The van der Waals surface area contributed by atoms with Crippen LogP contribution in [0.2, 0.25) is 0 Å². The summed E-state index contributed by atoms with van der Waals surface area (Å²) >= 11 is 0.